The molecular formula is C13H27NO3. The smallest absolute Gasteiger partial charge is 0.314 e. The van der Waals surface area contributed by atoms with E-state index < -0.39 is 6.10 Å². The highest BCUT2D eigenvalue weighted by Gasteiger charge is 2.53. The van der Waals surface area contributed by atoms with E-state index in [1.807, 2.05) is 13.8 Å². The molecule has 1 unspecified atom stereocenters. The van der Waals surface area contributed by atoms with Crippen LogP contribution in [0.15, 0.2) is 0 Å². The average molecular weight is 245 g/mol. The SMILES string of the molecule is CCOC1(OCC)OC(CC)CN1C(C)(C)C. The third-order valence-electron chi connectivity index (χ3n) is 2.95. The molecule has 0 aliphatic carbocycles. The summed E-state index contributed by atoms with van der Waals surface area (Å²) in [7, 11) is 0. The largest absolute Gasteiger partial charge is 0.354 e. The van der Waals surface area contributed by atoms with E-state index >= 15 is 0 Å². The maximum absolute atomic E-state index is 6.00. The molecule has 0 aromatic heterocycles. The maximum atomic E-state index is 6.00. The normalized spacial score (nSPS) is 25.4. The molecule has 1 fully saturated rings. The second-order valence-electron chi connectivity index (χ2n) is 5.32. The number of nitrogens with zero attached hydrogens (tertiary/aromatic N) is 1. The molecule has 0 spiro atoms. The van der Waals surface area contributed by atoms with E-state index in [1.165, 1.54) is 0 Å². The fraction of sp³-hybridized carbons (Fsp3) is 1.00. The van der Waals surface area contributed by atoms with E-state index in [0.717, 1.165) is 13.0 Å². The number of hydrogen-bond donors (Lipinski definition) is 0. The molecular weight excluding hydrogens is 218 g/mol. The minimum absolute atomic E-state index is 0.0474. The molecule has 0 amide bonds. The Kier molecular flexibility index (Phi) is 4.95. The number of ether oxygens (including phenoxy) is 3. The van der Waals surface area contributed by atoms with Crippen LogP contribution in [-0.2, 0) is 14.2 Å². The summed E-state index contributed by atoms with van der Waals surface area (Å²) in [5.41, 5.74) is -0.0474. The third kappa shape index (κ3) is 3.19. The van der Waals surface area contributed by atoms with Gasteiger partial charge in [-0.15, -0.1) is 0 Å². The molecule has 0 aromatic carbocycles. The van der Waals surface area contributed by atoms with Crippen LogP contribution in [0.1, 0.15) is 48.0 Å². The number of rotatable bonds is 5. The highest BCUT2D eigenvalue weighted by Crippen LogP contribution is 2.36. The van der Waals surface area contributed by atoms with Crippen molar-refractivity contribution in [1.82, 2.24) is 4.90 Å². The van der Waals surface area contributed by atoms with Crippen molar-refractivity contribution in [3.05, 3.63) is 0 Å². The van der Waals surface area contributed by atoms with Gasteiger partial charge in [-0.3, -0.25) is 0 Å². The minimum Gasteiger partial charge on any atom is -0.314 e. The predicted octanol–water partition coefficient (Wildman–Crippen LogP) is 2.58. The molecule has 0 saturated carbocycles. The first kappa shape index (κ1) is 14.9. The summed E-state index contributed by atoms with van der Waals surface area (Å²) in [6, 6.07) is 0. The average Bonchev–Trinajstić information content (AvgIpc) is 2.58. The van der Waals surface area contributed by atoms with Crippen molar-refractivity contribution in [3.8, 4) is 0 Å². The molecule has 0 radical (unpaired) electrons. The Hall–Kier alpha value is -0.160. The van der Waals surface area contributed by atoms with Crippen LogP contribution >= 0.6 is 0 Å². The molecule has 0 N–H and O–H groups in total. The summed E-state index contributed by atoms with van der Waals surface area (Å²) in [5, 5.41) is 0. The molecule has 1 aliphatic rings. The fourth-order valence-corrected chi connectivity index (χ4v) is 2.15. The highest BCUT2D eigenvalue weighted by molar-refractivity contribution is 4.87. The van der Waals surface area contributed by atoms with Gasteiger partial charge in [-0.05, 0) is 41.0 Å². The van der Waals surface area contributed by atoms with Gasteiger partial charge in [0.25, 0.3) is 0 Å². The topological polar surface area (TPSA) is 30.9 Å². The first-order chi connectivity index (χ1) is 7.89. The van der Waals surface area contributed by atoms with Crippen LogP contribution in [0.4, 0.5) is 0 Å². The Labute approximate surface area is 105 Å². The van der Waals surface area contributed by atoms with E-state index in [4.69, 9.17) is 14.2 Å². The van der Waals surface area contributed by atoms with Gasteiger partial charge < -0.3 is 14.2 Å². The summed E-state index contributed by atoms with van der Waals surface area (Å²) in [4.78, 5) is 2.17. The number of hydrogen-bond acceptors (Lipinski definition) is 4. The van der Waals surface area contributed by atoms with Crippen LogP contribution in [-0.4, -0.2) is 42.4 Å². The second kappa shape index (κ2) is 5.65. The van der Waals surface area contributed by atoms with Gasteiger partial charge >= 0.3 is 6.10 Å². The zero-order valence-electron chi connectivity index (χ0n) is 12.1. The molecule has 4 heteroatoms. The maximum Gasteiger partial charge on any atom is 0.354 e. The standard InChI is InChI=1S/C13H27NO3/c1-7-11-10-14(12(4,5)6)13(17-11,15-8-2)16-9-3/h11H,7-10H2,1-6H3. The van der Waals surface area contributed by atoms with E-state index in [9.17, 15) is 0 Å². The van der Waals surface area contributed by atoms with Gasteiger partial charge in [0.05, 0.1) is 19.3 Å². The minimum atomic E-state index is -0.998. The van der Waals surface area contributed by atoms with Crippen molar-refractivity contribution in [1.29, 1.82) is 0 Å². The van der Waals surface area contributed by atoms with Crippen molar-refractivity contribution in [2.45, 2.75) is 65.7 Å². The first-order valence-electron chi connectivity index (χ1n) is 6.63. The fourth-order valence-electron chi connectivity index (χ4n) is 2.15. The molecule has 1 saturated heterocycles. The van der Waals surface area contributed by atoms with Gasteiger partial charge in [0.15, 0.2) is 0 Å². The van der Waals surface area contributed by atoms with Crippen LogP contribution in [0.5, 0.6) is 0 Å². The lowest BCUT2D eigenvalue weighted by molar-refractivity contribution is -0.430. The van der Waals surface area contributed by atoms with Gasteiger partial charge in [0, 0.05) is 12.1 Å². The van der Waals surface area contributed by atoms with Crippen LogP contribution in [0.2, 0.25) is 0 Å². The Bertz CT molecular complexity index is 231. The van der Waals surface area contributed by atoms with Crippen LogP contribution < -0.4 is 0 Å². The van der Waals surface area contributed by atoms with Gasteiger partial charge in [-0.1, -0.05) is 6.92 Å². The molecule has 102 valence electrons. The molecule has 1 heterocycles. The second-order valence-corrected chi connectivity index (χ2v) is 5.32. The summed E-state index contributed by atoms with van der Waals surface area (Å²) >= 11 is 0. The third-order valence-corrected chi connectivity index (χ3v) is 2.95. The van der Waals surface area contributed by atoms with Gasteiger partial charge in [0.2, 0.25) is 0 Å². The molecule has 0 bridgehead atoms. The summed E-state index contributed by atoms with van der Waals surface area (Å²) in [6.45, 7) is 14.5. The first-order valence-corrected chi connectivity index (χ1v) is 6.63. The van der Waals surface area contributed by atoms with Gasteiger partial charge in [0.1, 0.15) is 0 Å². The molecule has 1 rings (SSSR count). The van der Waals surface area contributed by atoms with Gasteiger partial charge in [-0.25, -0.2) is 4.90 Å². The van der Waals surface area contributed by atoms with Crippen LogP contribution in [0.3, 0.4) is 0 Å². The van der Waals surface area contributed by atoms with E-state index in [1.54, 1.807) is 0 Å². The highest BCUT2D eigenvalue weighted by atomic mass is 16.9. The molecule has 1 atom stereocenters. The van der Waals surface area contributed by atoms with Gasteiger partial charge in [-0.2, -0.15) is 0 Å². The Morgan fingerprint density at radius 2 is 1.71 bits per heavy atom. The molecule has 17 heavy (non-hydrogen) atoms. The van der Waals surface area contributed by atoms with Crippen molar-refractivity contribution >= 4 is 0 Å². The van der Waals surface area contributed by atoms with E-state index in [0.29, 0.717) is 13.2 Å². The Balaban J connectivity index is 2.95. The van der Waals surface area contributed by atoms with Crippen LogP contribution in [0.25, 0.3) is 0 Å². The molecule has 1 aliphatic heterocycles. The quantitative estimate of drug-likeness (QED) is 0.697. The predicted molar refractivity (Wildman–Crippen MR) is 67.6 cm³/mol. The van der Waals surface area contributed by atoms with Crippen molar-refractivity contribution in [3.63, 3.8) is 0 Å². The van der Waals surface area contributed by atoms with Crippen molar-refractivity contribution < 1.29 is 14.2 Å². The molecule has 4 nitrogen and oxygen atoms in total. The summed E-state index contributed by atoms with van der Waals surface area (Å²) in [6.07, 6.45) is 0.143. The van der Waals surface area contributed by atoms with Crippen molar-refractivity contribution in [2.24, 2.45) is 0 Å². The van der Waals surface area contributed by atoms with Crippen LogP contribution in [0, 0.1) is 0 Å². The van der Waals surface area contributed by atoms with E-state index in [-0.39, 0.29) is 11.6 Å². The summed E-state index contributed by atoms with van der Waals surface area (Å²) in [5.74, 6) is 0. The zero-order chi connectivity index (χ0) is 13.1. The van der Waals surface area contributed by atoms with Crippen molar-refractivity contribution in [2.75, 3.05) is 19.8 Å². The molecule has 0 aromatic rings. The lowest BCUT2D eigenvalue weighted by Crippen LogP contribution is -2.57. The monoisotopic (exact) mass is 245 g/mol. The summed E-state index contributed by atoms with van der Waals surface area (Å²) < 4.78 is 17.6. The Morgan fingerprint density at radius 1 is 1.18 bits per heavy atom. The Morgan fingerprint density at radius 3 is 2.06 bits per heavy atom. The lowest BCUT2D eigenvalue weighted by atomic mass is 10.1. The lowest BCUT2D eigenvalue weighted by Gasteiger charge is -2.42. The van der Waals surface area contributed by atoms with E-state index in [2.05, 4.69) is 32.6 Å². The zero-order valence-corrected chi connectivity index (χ0v) is 12.1.